The first-order valence-corrected chi connectivity index (χ1v) is 9.87. The second-order valence-corrected chi connectivity index (χ2v) is 7.44. The quantitative estimate of drug-likeness (QED) is 0.671. The van der Waals surface area contributed by atoms with Crippen molar-refractivity contribution in [3.8, 4) is 11.5 Å². The van der Waals surface area contributed by atoms with Crippen molar-refractivity contribution in [3.05, 3.63) is 128 Å². The second kappa shape index (κ2) is 9.07. The zero-order chi connectivity index (χ0) is 20.2. The standard InChI is InChI=1S/C27H24O2/c1-19(20-6-2-3-7-20)18-26(21-8-4-5-9-21)27(22-10-14-24(28)15-11-22)23-12-16-25(29)17-13-23/h2-17,19,28-29H,18H2,1H3/t19-/m1/s1. The molecule has 2 heteroatoms. The lowest BCUT2D eigenvalue weighted by Gasteiger charge is -2.26. The van der Waals surface area contributed by atoms with Gasteiger partial charge in [0.05, 0.1) is 0 Å². The van der Waals surface area contributed by atoms with Crippen molar-refractivity contribution in [2.24, 2.45) is 5.92 Å². The van der Waals surface area contributed by atoms with Crippen molar-refractivity contribution < 1.29 is 10.2 Å². The van der Waals surface area contributed by atoms with Gasteiger partial charge in [0.15, 0.2) is 0 Å². The van der Waals surface area contributed by atoms with Crippen LogP contribution in [0.25, 0.3) is 5.57 Å². The first-order chi connectivity index (χ1) is 14.1. The van der Waals surface area contributed by atoms with Crippen LogP contribution in [0.2, 0.25) is 0 Å². The molecule has 2 aromatic rings. The monoisotopic (exact) mass is 380 g/mol. The molecule has 0 heterocycles. The van der Waals surface area contributed by atoms with Crippen LogP contribution >= 0.6 is 0 Å². The molecule has 2 saturated carbocycles. The van der Waals surface area contributed by atoms with Gasteiger partial charge in [0.25, 0.3) is 0 Å². The van der Waals surface area contributed by atoms with Crippen LogP contribution in [-0.4, -0.2) is 10.2 Å². The van der Waals surface area contributed by atoms with E-state index in [0.717, 1.165) is 23.1 Å². The molecule has 0 aromatic heterocycles. The zero-order valence-electron chi connectivity index (χ0n) is 16.4. The van der Waals surface area contributed by atoms with Crippen LogP contribution in [0.15, 0.2) is 54.1 Å². The van der Waals surface area contributed by atoms with E-state index in [4.69, 9.17) is 0 Å². The number of aromatic hydroxyl groups is 2. The maximum absolute atomic E-state index is 9.79. The molecule has 2 nitrogen and oxygen atoms in total. The van der Waals surface area contributed by atoms with Crippen molar-refractivity contribution in [2.75, 3.05) is 0 Å². The Bertz CT molecular complexity index is 772. The van der Waals surface area contributed by atoms with Gasteiger partial charge >= 0.3 is 0 Å². The summed E-state index contributed by atoms with van der Waals surface area (Å²) < 4.78 is 0. The van der Waals surface area contributed by atoms with Gasteiger partial charge in [0.2, 0.25) is 0 Å². The molecule has 0 spiro atoms. The lowest BCUT2D eigenvalue weighted by molar-refractivity contribution is 0.475. The summed E-state index contributed by atoms with van der Waals surface area (Å²) in [6.07, 6.45) is 17.8. The predicted molar refractivity (Wildman–Crippen MR) is 117 cm³/mol. The summed E-state index contributed by atoms with van der Waals surface area (Å²) in [5, 5.41) is 19.6. The van der Waals surface area contributed by atoms with Crippen LogP contribution in [0.1, 0.15) is 24.5 Å². The summed E-state index contributed by atoms with van der Waals surface area (Å²) in [6.45, 7) is 2.25. The van der Waals surface area contributed by atoms with Gasteiger partial charge in [-0.3, -0.25) is 0 Å². The van der Waals surface area contributed by atoms with E-state index in [0.29, 0.717) is 5.92 Å². The SMILES string of the molecule is C[C@H](CC([C]1[CH][CH][CH][CH]1)=C(c1ccc(O)cc1)c1ccc(O)cc1)[C]1[CH][CH][CH][CH]1. The summed E-state index contributed by atoms with van der Waals surface area (Å²) in [5.74, 6) is 3.38. The van der Waals surface area contributed by atoms with E-state index in [1.165, 1.54) is 17.4 Å². The van der Waals surface area contributed by atoms with E-state index >= 15 is 0 Å². The van der Waals surface area contributed by atoms with Crippen LogP contribution < -0.4 is 0 Å². The van der Waals surface area contributed by atoms with Gasteiger partial charge in [-0.25, -0.2) is 0 Å². The normalized spacial score (nSPS) is 18.8. The number of phenolic OH excluding ortho intramolecular Hbond substituents is 2. The largest absolute Gasteiger partial charge is 0.508 e. The summed E-state index contributed by atoms with van der Waals surface area (Å²) in [4.78, 5) is 0. The fraction of sp³-hybridized carbons (Fsp3) is 0.111. The van der Waals surface area contributed by atoms with Crippen molar-refractivity contribution >= 4 is 5.57 Å². The first-order valence-electron chi connectivity index (χ1n) is 9.87. The Hall–Kier alpha value is -2.22. The third kappa shape index (κ3) is 4.69. The van der Waals surface area contributed by atoms with Gasteiger partial charge in [-0.15, -0.1) is 0 Å². The Labute approximate surface area is 175 Å². The average molecular weight is 380 g/mol. The second-order valence-electron chi connectivity index (χ2n) is 7.44. The molecule has 144 valence electrons. The van der Waals surface area contributed by atoms with Crippen molar-refractivity contribution in [2.45, 2.75) is 13.3 Å². The van der Waals surface area contributed by atoms with Crippen LogP contribution in [0.3, 0.4) is 0 Å². The summed E-state index contributed by atoms with van der Waals surface area (Å²) in [7, 11) is 0. The number of hydrogen-bond donors (Lipinski definition) is 2. The van der Waals surface area contributed by atoms with Gasteiger partial charge in [-0.1, -0.05) is 36.8 Å². The number of allylic oxidation sites excluding steroid dienone is 1. The first kappa shape index (κ1) is 20.1. The number of phenols is 2. The molecular weight excluding hydrogens is 356 g/mol. The Morgan fingerprint density at radius 1 is 0.690 bits per heavy atom. The lowest BCUT2D eigenvalue weighted by atomic mass is 9.78. The maximum Gasteiger partial charge on any atom is 0.115 e. The van der Waals surface area contributed by atoms with Gasteiger partial charge in [-0.05, 0) is 111 Å². The fourth-order valence-corrected chi connectivity index (χ4v) is 3.85. The van der Waals surface area contributed by atoms with E-state index < -0.39 is 0 Å². The lowest BCUT2D eigenvalue weighted by Crippen LogP contribution is -2.12. The average Bonchev–Trinajstić information content (AvgIpc) is 3.44. The molecule has 2 aliphatic carbocycles. The molecule has 0 unspecified atom stereocenters. The number of rotatable bonds is 6. The summed E-state index contributed by atoms with van der Waals surface area (Å²) >= 11 is 0. The smallest absolute Gasteiger partial charge is 0.115 e. The molecule has 2 aliphatic rings. The van der Waals surface area contributed by atoms with E-state index in [1.807, 2.05) is 24.3 Å². The Balaban J connectivity index is 1.81. The minimum Gasteiger partial charge on any atom is -0.508 e. The van der Waals surface area contributed by atoms with Crippen LogP contribution in [-0.2, 0) is 0 Å². The number of benzene rings is 2. The molecule has 0 bridgehead atoms. The highest BCUT2D eigenvalue weighted by molar-refractivity contribution is 5.85. The maximum atomic E-state index is 9.79. The van der Waals surface area contributed by atoms with Crippen molar-refractivity contribution in [1.29, 1.82) is 0 Å². The van der Waals surface area contributed by atoms with Crippen molar-refractivity contribution in [1.82, 2.24) is 0 Å². The van der Waals surface area contributed by atoms with Crippen LogP contribution in [0.4, 0.5) is 0 Å². The molecule has 0 amide bonds. The highest BCUT2D eigenvalue weighted by Gasteiger charge is 2.30. The molecule has 2 N–H and O–H groups in total. The number of hydrogen-bond acceptors (Lipinski definition) is 2. The molecule has 10 radical (unpaired) electrons. The molecule has 0 saturated heterocycles. The molecule has 2 fully saturated rings. The van der Waals surface area contributed by atoms with Gasteiger partial charge in [0.1, 0.15) is 11.5 Å². The molecular formula is C27H24O2. The van der Waals surface area contributed by atoms with Crippen molar-refractivity contribution in [3.63, 3.8) is 0 Å². The minimum atomic E-state index is 0.249. The molecule has 29 heavy (non-hydrogen) atoms. The Kier molecular flexibility index (Phi) is 6.28. The van der Waals surface area contributed by atoms with Crippen LogP contribution in [0, 0.1) is 69.1 Å². The Morgan fingerprint density at radius 3 is 1.62 bits per heavy atom. The van der Waals surface area contributed by atoms with E-state index in [1.54, 1.807) is 24.3 Å². The predicted octanol–water partition coefficient (Wildman–Crippen LogP) is 5.74. The van der Waals surface area contributed by atoms with Gasteiger partial charge < -0.3 is 10.2 Å². The van der Waals surface area contributed by atoms with Gasteiger partial charge in [0, 0.05) is 5.92 Å². The van der Waals surface area contributed by atoms with E-state index in [-0.39, 0.29) is 11.5 Å². The summed E-state index contributed by atoms with van der Waals surface area (Å²) in [5.41, 5.74) is 4.45. The Morgan fingerprint density at radius 2 is 1.14 bits per heavy atom. The molecule has 1 atom stereocenters. The minimum absolute atomic E-state index is 0.249. The van der Waals surface area contributed by atoms with E-state index in [2.05, 4.69) is 58.3 Å². The van der Waals surface area contributed by atoms with Gasteiger partial charge in [-0.2, -0.15) is 0 Å². The third-order valence-electron chi connectivity index (χ3n) is 5.39. The summed E-state index contributed by atoms with van der Waals surface area (Å²) in [6, 6.07) is 14.7. The highest BCUT2D eigenvalue weighted by Crippen LogP contribution is 2.44. The topological polar surface area (TPSA) is 40.5 Å². The molecule has 0 aliphatic heterocycles. The third-order valence-corrected chi connectivity index (χ3v) is 5.39. The van der Waals surface area contributed by atoms with Crippen LogP contribution in [0.5, 0.6) is 11.5 Å². The molecule has 2 aromatic carbocycles. The fourth-order valence-electron chi connectivity index (χ4n) is 3.85. The zero-order valence-corrected chi connectivity index (χ0v) is 16.4. The molecule has 4 rings (SSSR count). The highest BCUT2D eigenvalue weighted by atomic mass is 16.3. The van der Waals surface area contributed by atoms with E-state index in [9.17, 15) is 10.2 Å².